The fourth-order valence-corrected chi connectivity index (χ4v) is 1.07. The summed E-state index contributed by atoms with van der Waals surface area (Å²) < 4.78 is 0. The molecule has 0 radical (unpaired) electrons. The molecule has 0 aliphatic rings. The minimum atomic E-state index is -0.235. The largest absolute Gasteiger partial charge is 0.392 e. The van der Waals surface area contributed by atoms with Crippen LogP contribution in [0.3, 0.4) is 0 Å². The lowest BCUT2D eigenvalue weighted by Crippen LogP contribution is -2.50. The van der Waals surface area contributed by atoms with E-state index in [2.05, 4.69) is 5.32 Å². The third kappa shape index (κ3) is 5.75. The summed E-state index contributed by atoms with van der Waals surface area (Å²) in [5, 5.41) is 2.85. The molecule has 0 aromatic heterocycles. The van der Waals surface area contributed by atoms with Gasteiger partial charge in [0.05, 0.1) is 11.5 Å². The molecule has 0 saturated carbocycles. The molecule has 0 saturated heterocycles. The lowest BCUT2D eigenvalue weighted by Gasteiger charge is -2.27. The molecule has 0 heterocycles. The van der Waals surface area contributed by atoms with E-state index in [0.29, 0.717) is 18.1 Å². The lowest BCUT2D eigenvalue weighted by molar-refractivity contribution is 0.198. The van der Waals surface area contributed by atoms with Crippen molar-refractivity contribution < 1.29 is 4.79 Å². The second-order valence-corrected chi connectivity index (χ2v) is 4.69. The molecular weight excluding hydrogens is 198 g/mol. The van der Waals surface area contributed by atoms with Crippen LogP contribution in [-0.4, -0.2) is 34.5 Å². The summed E-state index contributed by atoms with van der Waals surface area (Å²) in [4.78, 5) is 13.5. The molecule has 0 atom stereocenters. The summed E-state index contributed by atoms with van der Waals surface area (Å²) in [6.07, 6.45) is 0. The molecule has 3 N–H and O–H groups in total. The predicted octanol–water partition coefficient (Wildman–Crippen LogP) is 1.10. The molecule has 5 heteroatoms. The number of carbonyl (C=O) groups excluding carboxylic acids is 1. The third-order valence-electron chi connectivity index (χ3n) is 1.50. The quantitative estimate of drug-likeness (QED) is 0.696. The van der Waals surface area contributed by atoms with Crippen LogP contribution in [0.25, 0.3) is 0 Å². The Bertz CT molecular complexity index is 223. The second kappa shape index (κ2) is 5.14. The van der Waals surface area contributed by atoms with Crippen LogP contribution >= 0.6 is 12.2 Å². The van der Waals surface area contributed by atoms with Gasteiger partial charge in [0, 0.05) is 12.1 Å². The van der Waals surface area contributed by atoms with Gasteiger partial charge in [0.1, 0.15) is 0 Å². The molecule has 0 spiro atoms. The zero-order chi connectivity index (χ0) is 11.4. The van der Waals surface area contributed by atoms with Crippen LogP contribution in [0.15, 0.2) is 0 Å². The first-order chi connectivity index (χ1) is 6.26. The van der Waals surface area contributed by atoms with Gasteiger partial charge in [-0.2, -0.15) is 0 Å². The molecule has 0 aromatic rings. The van der Waals surface area contributed by atoms with E-state index in [0.717, 1.165) is 0 Å². The molecule has 0 aliphatic carbocycles. The Kier molecular flexibility index (Phi) is 4.83. The molecule has 0 unspecified atom stereocenters. The van der Waals surface area contributed by atoms with Crippen molar-refractivity contribution in [1.29, 1.82) is 0 Å². The molecule has 4 nitrogen and oxygen atoms in total. The summed E-state index contributed by atoms with van der Waals surface area (Å²) in [5.74, 6) is 0. The standard InChI is InChI=1S/C9H19N3OS/c1-5-12(6-7(10)14)8(13)11-9(2,3)4/h5-6H2,1-4H3,(H2,10,14)(H,11,13). The molecule has 0 fully saturated rings. The molecular formula is C9H19N3OS. The first kappa shape index (κ1) is 13.2. The fraction of sp³-hybridized carbons (Fsp3) is 0.778. The number of amides is 2. The average molecular weight is 217 g/mol. The number of hydrogen-bond acceptors (Lipinski definition) is 2. The molecule has 0 aromatic carbocycles. The first-order valence-electron chi connectivity index (χ1n) is 4.61. The van der Waals surface area contributed by atoms with E-state index in [-0.39, 0.29) is 11.6 Å². The van der Waals surface area contributed by atoms with Gasteiger partial charge in [0.25, 0.3) is 0 Å². The van der Waals surface area contributed by atoms with E-state index in [4.69, 9.17) is 18.0 Å². The van der Waals surface area contributed by atoms with Gasteiger partial charge >= 0.3 is 6.03 Å². The molecule has 0 rings (SSSR count). The number of nitrogens with two attached hydrogens (primary N) is 1. The van der Waals surface area contributed by atoms with Crippen LogP contribution in [0.4, 0.5) is 4.79 Å². The summed E-state index contributed by atoms with van der Waals surface area (Å²) in [6.45, 7) is 8.60. The van der Waals surface area contributed by atoms with Crippen molar-refractivity contribution in [3.63, 3.8) is 0 Å². The SMILES string of the molecule is CCN(CC(N)=S)C(=O)NC(C)(C)C. The third-order valence-corrected chi connectivity index (χ3v) is 1.63. The predicted molar refractivity (Wildman–Crippen MR) is 62.3 cm³/mol. The highest BCUT2D eigenvalue weighted by Gasteiger charge is 2.18. The maximum absolute atomic E-state index is 11.6. The normalized spacial score (nSPS) is 10.9. The van der Waals surface area contributed by atoms with Gasteiger partial charge in [-0.25, -0.2) is 4.79 Å². The Morgan fingerprint density at radius 2 is 2.00 bits per heavy atom. The number of likely N-dealkylation sites (N-methyl/N-ethyl adjacent to an activating group) is 1. The highest BCUT2D eigenvalue weighted by molar-refractivity contribution is 7.80. The van der Waals surface area contributed by atoms with Crippen molar-refractivity contribution in [3.8, 4) is 0 Å². The maximum atomic E-state index is 11.6. The number of nitrogens with zero attached hydrogens (tertiary/aromatic N) is 1. The van der Waals surface area contributed by atoms with Gasteiger partial charge in [-0.15, -0.1) is 0 Å². The van der Waals surface area contributed by atoms with E-state index in [1.54, 1.807) is 4.90 Å². The zero-order valence-electron chi connectivity index (χ0n) is 9.26. The Hall–Kier alpha value is -0.840. The van der Waals surface area contributed by atoms with Crippen LogP contribution in [0.2, 0.25) is 0 Å². The molecule has 82 valence electrons. The first-order valence-corrected chi connectivity index (χ1v) is 5.02. The van der Waals surface area contributed by atoms with E-state index in [1.807, 2.05) is 27.7 Å². The number of urea groups is 1. The van der Waals surface area contributed by atoms with Crippen LogP contribution < -0.4 is 11.1 Å². The van der Waals surface area contributed by atoms with Crippen molar-refractivity contribution in [2.24, 2.45) is 5.73 Å². The summed E-state index contributed by atoms with van der Waals surface area (Å²) >= 11 is 4.75. The van der Waals surface area contributed by atoms with Crippen molar-refractivity contribution in [2.45, 2.75) is 33.2 Å². The van der Waals surface area contributed by atoms with Crippen molar-refractivity contribution >= 4 is 23.2 Å². The van der Waals surface area contributed by atoms with E-state index >= 15 is 0 Å². The monoisotopic (exact) mass is 217 g/mol. The topological polar surface area (TPSA) is 58.4 Å². The zero-order valence-corrected chi connectivity index (χ0v) is 10.1. The van der Waals surface area contributed by atoms with Crippen molar-refractivity contribution in [1.82, 2.24) is 10.2 Å². The highest BCUT2D eigenvalue weighted by atomic mass is 32.1. The lowest BCUT2D eigenvalue weighted by atomic mass is 10.1. The van der Waals surface area contributed by atoms with Gasteiger partial charge in [-0.3, -0.25) is 0 Å². The Morgan fingerprint density at radius 1 is 1.50 bits per heavy atom. The maximum Gasteiger partial charge on any atom is 0.318 e. The van der Waals surface area contributed by atoms with E-state index < -0.39 is 0 Å². The second-order valence-electron chi connectivity index (χ2n) is 4.16. The fourth-order valence-electron chi connectivity index (χ4n) is 0.915. The number of thiocarbonyl (C=S) groups is 1. The van der Waals surface area contributed by atoms with Gasteiger partial charge in [-0.1, -0.05) is 12.2 Å². The minimum absolute atomic E-state index is 0.132. The summed E-state index contributed by atoms with van der Waals surface area (Å²) in [6, 6.07) is -0.132. The van der Waals surface area contributed by atoms with Crippen LogP contribution in [0.1, 0.15) is 27.7 Å². The van der Waals surface area contributed by atoms with Gasteiger partial charge in [0.15, 0.2) is 0 Å². The smallest absolute Gasteiger partial charge is 0.318 e. The summed E-state index contributed by atoms with van der Waals surface area (Å²) in [5.41, 5.74) is 5.14. The van der Waals surface area contributed by atoms with E-state index in [9.17, 15) is 4.79 Å². The molecule has 0 aliphatic heterocycles. The molecule has 0 bridgehead atoms. The molecule has 14 heavy (non-hydrogen) atoms. The Balaban J connectivity index is 4.25. The van der Waals surface area contributed by atoms with Crippen LogP contribution in [0.5, 0.6) is 0 Å². The number of hydrogen-bond donors (Lipinski definition) is 2. The van der Waals surface area contributed by atoms with Crippen molar-refractivity contribution in [2.75, 3.05) is 13.1 Å². The highest BCUT2D eigenvalue weighted by Crippen LogP contribution is 2.00. The van der Waals surface area contributed by atoms with Crippen LogP contribution in [-0.2, 0) is 0 Å². The summed E-state index contributed by atoms with van der Waals surface area (Å²) in [7, 11) is 0. The average Bonchev–Trinajstić information content (AvgIpc) is 1.96. The Labute approximate surface area is 90.8 Å². The Morgan fingerprint density at radius 3 is 2.29 bits per heavy atom. The van der Waals surface area contributed by atoms with Gasteiger partial charge < -0.3 is 16.0 Å². The van der Waals surface area contributed by atoms with E-state index in [1.165, 1.54) is 0 Å². The number of nitrogens with one attached hydrogen (secondary N) is 1. The van der Waals surface area contributed by atoms with Crippen molar-refractivity contribution in [3.05, 3.63) is 0 Å². The van der Waals surface area contributed by atoms with Gasteiger partial charge in [-0.05, 0) is 27.7 Å². The number of rotatable bonds is 3. The van der Waals surface area contributed by atoms with Crippen LogP contribution in [0, 0.1) is 0 Å². The minimum Gasteiger partial charge on any atom is -0.392 e. The number of carbonyl (C=O) groups is 1. The van der Waals surface area contributed by atoms with Gasteiger partial charge in [0.2, 0.25) is 0 Å². The molecule has 2 amide bonds.